The Kier molecular flexibility index (Phi) is 2.73. The number of rotatable bonds is 1. The molecule has 0 N–H and O–H groups in total. The third-order valence-corrected chi connectivity index (χ3v) is 4.02. The molecular formula is C10H10ClFO2S. The SMILES string of the molecule is O=S(=O)(Cl)c1cccc2c1C(F)CCC2. The zero-order valence-electron chi connectivity index (χ0n) is 7.91. The quantitative estimate of drug-likeness (QED) is 0.716. The average molecular weight is 249 g/mol. The number of benzene rings is 1. The van der Waals surface area contributed by atoms with Gasteiger partial charge in [-0.3, -0.25) is 0 Å². The van der Waals surface area contributed by atoms with Crippen molar-refractivity contribution in [3.63, 3.8) is 0 Å². The number of hydrogen-bond donors (Lipinski definition) is 0. The lowest BCUT2D eigenvalue weighted by molar-refractivity contribution is 0.297. The second-order valence-electron chi connectivity index (χ2n) is 3.63. The first-order chi connectivity index (χ1) is 7.00. The first-order valence-corrected chi connectivity index (χ1v) is 7.01. The first kappa shape index (κ1) is 10.9. The van der Waals surface area contributed by atoms with Crippen LogP contribution in [0.15, 0.2) is 23.1 Å². The summed E-state index contributed by atoms with van der Waals surface area (Å²) in [6.45, 7) is 0. The number of hydrogen-bond acceptors (Lipinski definition) is 2. The molecule has 0 bridgehead atoms. The van der Waals surface area contributed by atoms with E-state index in [4.69, 9.17) is 10.7 Å². The Hall–Kier alpha value is -0.610. The molecule has 1 atom stereocenters. The van der Waals surface area contributed by atoms with Crippen LogP contribution in [0.25, 0.3) is 0 Å². The first-order valence-electron chi connectivity index (χ1n) is 4.70. The second kappa shape index (κ2) is 3.76. The second-order valence-corrected chi connectivity index (χ2v) is 6.16. The standard InChI is InChI=1S/C10H10ClFO2S/c11-15(13,14)9-6-2-4-7-3-1-5-8(12)10(7)9/h2,4,6,8H,1,3,5H2. The molecule has 0 amide bonds. The third kappa shape index (κ3) is 2.01. The van der Waals surface area contributed by atoms with Crippen LogP contribution >= 0.6 is 10.7 Å². The van der Waals surface area contributed by atoms with E-state index in [0.29, 0.717) is 6.42 Å². The molecule has 1 aromatic rings. The highest BCUT2D eigenvalue weighted by molar-refractivity contribution is 8.13. The molecule has 1 unspecified atom stereocenters. The summed E-state index contributed by atoms with van der Waals surface area (Å²) in [7, 11) is 1.42. The fourth-order valence-electron chi connectivity index (χ4n) is 1.99. The Balaban J connectivity index is 2.67. The molecule has 5 heteroatoms. The fourth-order valence-corrected chi connectivity index (χ4v) is 3.16. The van der Waals surface area contributed by atoms with Crippen LogP contribution in [0.4, 0.5) is 4.39 Å². The van der Waals surface area contributed by atoms with Gasteiger partial charge in [0.1, 0.15) is 6.17 Å². The van der Waals surface area contributed by atoms with Gasteiger partial charge in [0.05, 0.1) is 4.90 Å². The molecule has 0 spiro atoms. The maximum absolute atomic E-state index is 13.6. The van der Waals surface area contributed by atoms with Gasteiger partial charge in [0.15, 0.2) is 0 Å². The minimum atomic E-state index is -3.84. The summed E-state index contributed by atoms with van der Waals surface area (Å²) in [6, 6.07) is 4.72. The molecule has 0 saturated heterocycles. The normalized spacial score (nSPS) is 21.1. The molecule has 0 aliphatic heterocycles. The van der Waals surface area contributed by atoms with E-state index in [2.05, 4.69) is 0 Å². The van der Waals surface area contributed by atoms with E-state index in [1.165, 1.54) is 6.07 Å². The molecule has 1 aliphatic rings. The molecule has 2 nitrogen and oxygen atoms in total. The topological polar surface area (TPSA) is 34.1 Å². The van der Waals surface area contributed by atoms with E-state index in [1.807, 2.05) is 0 Å². The lowest BCUT2D eigenvalue weighted by atomic mass is 9.90. The highest BCUT2D eigenvalue weighted by atomic mass is 35.7. The number of fused-ring (bicyclic) bond motifs is 1. The third-order valence-electron chi connectivity index (χ3n) is 2.64. The van der Waals surface area contributed by atoms with Crippen molar-refractivity contribution < 1.29 is 12.8 Å². The highest BCUT2D eigenvalue weighted by Gasteiger charge is 2.27. The summed E-state index contributed by atoms with van der Waals surface area (Å²) in [5.74, 6) is 0. The largest absolute Gasteiger partial charge is 0.261 e. The molecule has 0 fully saturated rings. The molecular weight excluding hydrogens is 239 g/mol. The van der Waals surface area contributed by atoms with Crippen molar-refractivity contribution in [3.8, 4) is 0 Å². The van der Waals surface area contributed by atoms with Crippen molar-refractivity contribution in [2.75, 3.05) is 0 Å². The molecule has 0 aromatic heterocycles. The Bertz CT molecular complexity index is 484. The van der Waals surface area contributed by atoms with Crippen LogP contribution in [0, 0.1) is 0 Å². The highest BCUT2D eigenvalue weighted by Crippen LogP contribution is 2.37. The maximum Gasteiger partial charge on any atom is 0.261 e. The fraction of sp³-hybridized carbons (Fsp3) is 0.400. The van der Waals surface area contributed by atoms with Gasteiger partial charge in [-0.2, -0.15) is 0 Å². The van der Waals surface area contributed by atoms with Gasteiger partial charge in [0, 0.05) is 16.2 Å². The number of halogens is 2. The van der Waals surface area contributed by atoms with E-state index < -0.39 is 15.2 Å². The zero-order valence-corrected chi connectivity index (χ0v) is 9.48. The van der Waals surface area contributed by atoms with Gasteiger partial charge in [-0.05, 0) is 30.9 Å². The Morgan fingerprint density at radius 3 is 2.80 bits per heavy atom. The van der Waals surface area contributed by atoms with Crippen LogP contribution in [0.1, 0.15) is 30.1 Å². The van der Waals surface area contributed by atoms with Crippen LogP contribution in [0.5, 0.6) is 0 Å². The van der Waals surface area contributed by atoms with Gasteiger partial charge in [-0.1, -0.05) is 12.1 Å². The van der Waals surface area contributed by atoms with Crippen LogP contribution in [-0.4, -0.2) is 8.42 Å². The van der Waals surface area contributed by atoms with Crippen molar-refractivity contribution in [3.05, 3.63) is 29.3 Å². The maximum atomic E-state index is 13.6. The number of aryl methyl sites for hydroxylation is 1. The van der Waals surface area contributed by atoms with Gasteiger partial charge < -0.3 is 0 Å². The average Bonchev–Trinajstić information content (AvgIpc) is 2.16. The summed E-state index contributed by atoms with van der Waals surface area (Å²) in [4.78, 5) is -0.0751. The molecule has 2 rings (SSSR count). The van der Waals surface area contributed by atoms with E-state index in [-0.39, 0.29) is 10.5 Å². The molecule has 0 radical (unpaired) electrons. The molecule has 0 saturated carbocycles. The molecule has 0 heterocycles. The monoisotopic (exact) mass is 248 g/mol. The van der Waals surface area contributed by atoms with Crippen LogP contribution < -0.4 is 0 Å². The van der Waals surface area contributed by atoms with Crippen molar-refractivity contribution in [1.29, 1.82) is 0 Å². The predicted molar refractivity (Wildman–Crippen MR) is 56.3 cm³/mol. The van der Waals surface area contributed by atoms with E-state index in [0.717, 1.165) is 18.4 Å². The van der Waals surface area contributed by atoms with E-state index >= 15 is 0 Å². The lowest BCUT2D eigenvalue weighted by Gasteiger charge is -2.21. The zero-order chi connectivity index (χ0) is 11.1. The van der Waals surface area contributed by atoms with Gasteiger partial charge in [0.25, 0.3) is 9.05 Å². The van der Waals surface area contributed by atoms with Crippen LogP contribution in [-0.2, 0) is 15.5 Å². The summed E-state index contributed by atoms with van der Waals surface area (Å²) in [5, 5.41) is 0. The smallest absolute Gasteiger partial charge is 0.242 e. The Morgan fingerprint density at radius 2 is 2.13 bits per heavy atom. The van der Waals surface area contributed by atoms with E-state index in [9.17, 15) is 12.8 Å². The number of alkyl halides is 1. The molecule has 1 aromatic carbocycles. The van der Waals surface area contributed by atoms with Crippen molar-refractivity contribution in [2.24, 2.45) is 0 Å². The van der Waals surface area contributed by atoms with Gasteiger partial charge >= 0.3 is 0 Å². The molecule has 82 valence electrons. The van der Waals surface area contributed by atoms with Gasteiger partial charge in [-0.25, -0.2) is 12.8 Å². The molecule has 15 heavy (non-hydrogen) atoms. The van der Waals surface area contributed by atoms with Crippen molar-refractivity contribution >= 4 is 19.7 Å². The van der Waals surface area contributed by atoms with Crippen molar-refractivity contribution in [1.82, 2.24) is 0 Å². The molecule has 1 aliphatic carbocycles. The Labute approximate surface area is 92.5 Å². The lowest BCUT2D eigenvalue weighted by Crippen LogP contribution is -2.10. The van der Waals surface area contributed by atoms with Crippen molar-refractivity contribution in [2.45, 2.75) is 30.3 Å². The summed E-state index contributed by atoms with van der Waals surface area (Å²) < 4.78 is 36.1. The Morgan fingerprint density at radius 1 is 1.40 bits per heavy atom. The van der Waals surface area contributed by atoms with Crippen LogP contribution in [0.2, 0.25) is 0 Å². The van der Waals surface area contributed by atoms with Gasteiger partial charge in [0.2, 0.25) is 0 Å². The van der Waals surface area contributed by atoms with Gasteiger partial charge in [-0.15, -0.1) is 0 Å². The minimum absolute atomic E-state index is 0.0751. The van der Waals surface area contributed by atoms with Crippen LogP contribution in [0.3, 0.4) is 0 Å². The summed E-state index contributed by atoms with van der Waals surface area (Å²) >= 11 is 0. The summed E-state index contributed by atoms with van der Waals surface area (Å²) in [6.07, 6.45) is 0.630. The predicted octanol–water partition coefficient (Wildman–Crippen LogP) is 2.96. The van der Waals surface area contributed by atoms with E-state index in [1.54, 1.807) is 12.1 Å². The summed E-state index contributed by atoms with van der Waals surface area (Å²) in [5.41, 5.74) is 1.02. The minimum Gasteiger partial charge on any atom is -0.242 e.